The van der Waals surface area contributed by atoms with Gasteiger partial charge in [0.1, 0.15) is 5.75 Å². The van der Waals surface area contributed by atoms with E-state index >= 15 is 0 Å². The molecule has 0 aliphatic heterocycles. The van der Waals surface area contributed by atoms with E-state index in [-0.39, 0.29) is 6.04 Å². The lowest BCUT2D eigenvalue weighted by Gasteiger charge is -2.29. The zero-order chi connectivity index (χ0) is 15.1. The molecule has 1 aromatic rings. The fourth-order valence-corrected chi connectivity index (χ4v) is 2.22. The van der Waals surface area contributed by atoms with E-state index in [1.54, 1.807) is 0 Å². The van der Waals surface area contributed by atoms with Crippen LogP contribution in [0.25, 0.3) is 0 Å². The maximum Gasteiger partial charge on any atom is 0.119 e. The number of hydrogen-bond acceptors (Lipinski definition) is 3. The molecule has 0 aliphatic carbocycles. The topological polar surface area (TPSA) is 41.5 Å². The van der Waals surface area contributed by atoms with Crippen LogP contribution in [0.5, 0.6) is 5.75 Å². The fraction of sp³-hybridized carbons (Fsp3) is 0.647. The molecule has 0 saturated carbocycles. The minimum Gasteiger partial charge on any atom is -0.494 e. The second-order valence-corrected chi connectivity index (χ2v) is 6.02. The van der Waals surface area contributed by atoms with Crippen LogP contribution in [0.15, 0.2) is 24.3 Å². The summed E-state index contributed by atoms with van der Waals surface area (Å²) in [6.07, 6.45) is -0.496. The molecular formula is C17H29NO2. The minimum atomic E-state index is -0.496. The summed E-state index contributed by atoms with van der Waals surface area (Å²) in [5.74, 6) is 1.79. The lowest BCUT2D eigenvalue weighted by atomic mass is 9.93. The van der Waals surface area contributed by atoms with Gasteiger partial charge in [0.15, 0.2) is 0 Å². The summed E-state index contributed by atoms with van der Waals surface area (Å²) in [5.41, 5.74) is 0.934. The van der Waals surface area contributed by atoms with Crippen LogP contribution in [0.1, 0.15) is 46.3 Å². The maximum atomic E-state index is 10.6. The van der Waals surface area contributed by atoms with Crippen LogP contribution in [0.3, 0.4) is 0 Å². The van der Waals surface area contributed by atoms with Crippen LogP contribution in [-0.4, -0.2) is 24.3 Å². The van der Waals surface area contributed by atoms with E-state index in [0.29, 0.717) is 18.4 Å². The van der Waals surface area contributed by atoms with E-state index in [0.717, 1.165) is 17.9 Å². The Kier molecular flexibility index (Phi) is 7.03. The van der Waals surface area contributed by atoms with Crippen LogP contribution in [0, 0.1) is 11.8 Å². The van der Waals surface area contributed by atoms with Gasteiger partial charge in [-0.05, 0) is 43.0 Å². The summed E-state index contributed by atoms with van der Waals surface area (Å²) in [6, 6.07) is 7.80. The van der Waals surface area contributed by atoms with Crippen molar-refractivity contribution in [2.75, 3.05) is 13.2 Å². The Morgan fingerprint density at radius 2 is 1.70 bits per heavy atom. The predicted molar refractivity (Wildman–Crippen MR) is 84.0 cm³/mol. The quantitative estimate of drug-likeness (QED) is 0.766. The molecule has 0 radical (unpaired) electrons. The van der Waals surface area contributed by atoms with Crippen molar-refractivity contribution in [3.8, 4) is 5.75 Å². The lowest BCUT2D eigenvalue weighted by Crippen LogP contribution is -2.41. The van der Waals surface area contributed by atoms with Crippen molar-refractivity contribution in [3.63, 3.8) is 0 Å². The Hall–Kier alpha value is -1.06. The Morgan fingerprint density at radius 1 is 1.10 bits per heavy atom. The Balaban J connectivity index is 2.75. The Morgan fingerprint density at radius 3 is 2.15 bits per heavy atom. The molecule has 114 valence electrons. The highest BCUT2D eigenvalue weighted by Crippen LogP contribution is 2.24. The number of nitrogens with one attached hydrogen (secondary N) is 1. The Bertz CT molecular complexity index is 373. The van der Waals surface area contributed by atoms with E-state index in [4.69, 9.17) is 4.74 Å². The number of ether oxygens (including phenoxy) is 1. The highest BCUT2D eigenvalue weighted by atomic mass is 16.5. The highest BCUT2D eigenvalue weighted by molar-refractivity contribution is 5.29. The van der Waals surface area contributed by atoms with Crippen LogP contribution in [-0.2, 0) is 0 Å². The van der Waals surface area contributed by atoms with E-state index in [2.05, 4.69) is 33.0 Å². The number of aliphatic hydroxyl groups is 1. The number of rotatable bonds is 8. The van der Waals surface area contributed by atoms with Gasteiger partial charge in [-0.25, -0.2) is 0 Å². The molecule has 0 heterocycles. The van der Waals surface area contributed by atoms with Gasteiger partial charge >= 0.3 is 0 Å². The zero-order valence-electron chi connectivity index (χ0n) is 13.4. The van der Waals surface area contributed by atoms with Crippen LogP contribution < -0.4 is 10.1 Å². The summed E-state index contributed by atoms with van der Waals surface area (Å²) in [7, 11) is 0. The molecule has 20 heavy (non-hydrogen) atoms. The van der Waals surface area contributed by atoms with Gasteiger partial charge in [0.2, 0.25) is 0 Å². The predicted octanol–water partition coefficient (Wildman–Crippen LogP) is 3.39. The first kappa shape index (κ1) is 17.0. The first-order valence-corrected chi connectivity index (χ1v) is 7.59. The third kappa shape index (κ3) is 5.14. The second kappa shape index (κ2) is 8.28. The maximum absolute atomic E-state index is 10.6. The van der Waals surface area contributed by atoms with Crippen molar-refractivity contribution >= 4 is 0 Å². The molecule has 0 aromatic heterocycles. The van der Waals surface area contributed by atoms with Crippen molar-refractivity contribution in [1.29, 1.82) is 0 Å². The molecule has 2 unspecified atom stereocenters. The van der Waals surface area contributed by atoms with Crippen molar-refractivity contribution in [2.45, 2.75) is 46.8 Å². The average molecular weight is 279 g/mol. The van der Waals surface area contributed by atoms with E-state index in [1.165, 1.54) is 0 Å². The number of aliphatic hydroxyl groups excluding tert-OH is 1. The normalized spacial score (nSPS) is 14.6. The molecule has 0 amide bonds. The number of hydrogen-bond donors (Lipinski definition) is 2. The van der Waals surface area contributed by atoms with Gasteiger partial charge < -0.3 is 15.2 Å². The van der Waals surface area contributed by atoms with Crippen LogP contribution in [0.2, 0.25) is 0 Å². The molecule has 3 nitrogen and oxygen atoms in total. The fourth-order valence-electron chi connectivity index (χ4n) is 2.22. The molecule has 0 saturated heterocycles. The molecule has 3 heteroatoms. The zero-order valence-corrected chi connectivity index (χ0v) is 13.4. The summed E-state index contributed by atoms with van der Waals surface area (Å²) in [6.45, 7) is 12.2. The van der Waals surface area contributed by atoms with Gasteiger partial charge in [0, 0.05) is 6.04 Å². The molecule has 0 spiro atoms. The van der Waals surface area contributed by atoms with Crippen molar-refractivity contribution in [1.82, 2.24) is 5.32 Å². The van der Waals surface area contributed by atoms with Gasteiger partial charge in [-0.3, -0.25) is 0 Å². The van der Waals surface area contributed by atoms with Crippen LogP contribution in [0.4, 0.5) is 0 Å². The van der Waals surface area contributed by atoms with Gasteiger partial charge in [-0.1, -0.05) is 39.8 Å². The first-order chi connectivity index (χ1) is 9.45. The first-order valence-electron chi connectivity index (χ1n) is 7.59. The van der Waals surface area contributed by atoms with Gasteiger partial charge in [0.05, 0.1) is 12.7 Å². The number of benzene rings is 1. The largest absolute Gasteiger partial charge is 0.494 e. The monoisotopic (exact) mass is 279 g/mol. The van der Waals surface area contributed by atoms with Crippen molar-refractivity contribution in [3.05, 3.63) is 29.8 Å². The molecule has 1 aromatic carbocycles. The van der Waals surface area contributed by atoms with Crippen LogP contribution >= 0.6 is 0 Å². The van der Waals surface area contributed by atoms with Gasteiger partial charge in [0.25, 0.3) is 0 Å². The smallest absolute Gasteiger partial charge is 0.119 e. The van der Waals surface area contributed by atoms with E-state index in [9.17, 15) is 5.11 Å². The third-order valence-corrected chi connectivity index (χ3v) is 3.35. The highest BCUT2D eigenvalue weighted by Gasteiger charge is 2.23. The lowest BCUT2D eigenvalue weighted by molar-refractivity contribution is 0.103. The standard InChI is InChI=1S/C17H29NO2/c1-6-20-15-9-7-14(8-10-15)17(19)16(13(4)5)18-11-12(2)3/h7-10,12-13,16-19H,6,11H2,1-5H3. The Labute approximate surface area is 123 Å². The van der Waals surface area contributed by atoms with E-state index < -0.39 is 6.10 Å². The van der Waals surface area contributed by atoms with Crippen molar-refractivity contribution < 1.29 is 9.84 Å². The molecule has 0 bridgehead atoms. The molecule has 0 aliphatic rings. The van der Waals surface area contributed by atoms with Gasteiger partial charge in [-0.2, -0.15) is 0 Å². The third-order valence-electron chi connectivity index (χ3n) is 3.35. The van der Waals surface area contributed by atoms with E-state index in [1.807, 2.05) is 31.2 Å². The molecule has 2 atom stereocenters. The molecular weight excluding hydrogens is 250 g/mol. The SMILES string of the molecule is CCOc1ccc(C(O)C(NCC(C)C)C(C)C)cc1. The summed E-state index contributed by atoms with van der Waals surface area (Å²) in [5, 5.41) is 14.1. The van der Waals surface area contributed by atoms with Crippen molar-refractivity contribution in [2.24, 2.45) is 11.8 Å². The summed E-state index contributed by atoms with van der Waals surface area (Å²) < 4.78 is 5.43. The summed E-state index contributed by atoms with van der Waals surface area (Å²) in [4.78, 5) is 0. The molecule has 0 fully saturated rings. The van der Waals surface area contributed by atoms with Gasteiger partial charge in [-0.15, -0.1) is 0 Å². The molecule has 2 N–H and O–H groups in total. The summed E-state index contributed by atoms with van der Waals surface area (Å²) >= 11 is 0. The second-order valence-electron chi connectivity index (χ2n) is 6.02. The molecule has 1 rings (SSSR count). The average Bonchev–Trinajstić information content (AvgIpc) is 2.39. The minimum absolute atomic E-state index is 0.0651.